The Kier molecular flexibility index (Phi) is 7.40. The van der Waals surface area contributed by atoms with Crippen LogP contribution >= 0.6 is 0 Å². The van der Waals surface area contributed by atoms with Crippen LogP contribution in [-0.4, -0.2) is 89.8 Å². The lowest BCUT2D eigenvalue weighted by Crippen LogP contribution is -2.41. The van der Waals surface area contributed by atoms with Crippen molar-refractivity contribution in [3.05, 3.63) is 36.0 Å². The molecule has 12 nitrogen and oxygen atoms in total. The van der Waals surface area contributed by atoms with Gasteiger partial charge < -0.3 is 19.1 Å². The fourth-order valence-electron chi connectivity index (χ4n) is 4.46. The molecule has 2 aliphatic heterocycles. The highest BCUT2D eigenvalue weighted by Gasteiger charge is 2.29. The smallest absolute Gasteiger partial charge is 0.323 e. The van der Waals surface area contributed by atoms with Gasteiger partial charge in [0.2, 0.25) is 21.9 Å². The first-order valence-corrected chi connectivity index (χ1v) is 13.5. The largest absolute Gasteiger partial charge is 0.494 e. The van der Waals surface area contributed by atoms with Gasteiger partial charge in [0.05, 0.1) is 25.8 Å². The van der Waals surface area contributed by atoms with Gasteiger partial charge in [-0.2, -0.15) is 19.3 Å². The number of benzene rings is 1. The lowest BCUT2D eigenvalue weighted by Gasteiger charge is -2.30. The molecule has 1 aromatic carbocycles. The Morgan fingerprint density at radius 3 is 2.45 bits per heavy atom. The molecule has 0 unspecified atom stereocenters. The molecular weight excluding hydrogens is 524 g/mol. The summed E-state index contributed by atoms with van der Waals surface area (Å²) < 4.78 is 71.8. The molecule has 2 fully saturated rings. The third-order valence-electron chi connectivity index (χ3n) is 6.42. The van der Waals surface area contributed by atoms with Crippen molar-refractivity contribution in [1.82, 2.24) is 28.8 Å². The number of piperidine rings is 1. The Hall–Kier alpha value is -3.43. The third-order valence-corrected chi connectivity index (χ3v) is 7.92. The van der Waals surface area contributed by atoms with Gasteiger partial charge in [-0.05, 0) is 25.0 Å². The van der Waals surface area contributed by atoms with E-state index in [2.05, 4.69) is 26.5 Å². The van der Waals surface area contributed by atoms with E-state index in [1.165, 1.54) is 16.0 Å². The van der Waals surface area contributed by atoms with Gasteiger partial charge in [0.1, 0.15) is 17.4 Å². The van der Waals surface area contributed by atoms with E-state index >= 15 is 0 Å². The highest BCUT2D eigenvalue weighted by Crippen LogP contribution is 2.32. The van der Waals surface area contributed by atoms with Crippen molar-refractivity contribution < 1.29 is 31.4 Å². The minimum atomic E-state index is -3.52. The topological polar surface area (TPSA) is 125 Å². The second-order valence-electron chi connectivity index (χ2n) is 8.68. The number of para-hydroxylation sites is 1. The molecule has 2 saturated heterocycles. The summed E-state index contributed by atoms with van der Waals surface area (Å²) in [5.74, 6) is -0.0278. The number of hydrogen-bond donors (Lipinski definition) is 0. The number of fused-ring (bicyclic) bond motifs is 1. The van der Waals surface area contributed by atoms with Gasteiger partial charge in [-0.1, -0.05) is 12.6 Å². The van der Waals surface area contributed by atoms with E-state index in [1.54, 1.807) is 18.2 Å². The zero-order valence-corrected chi connectivity index (χ0v) is 21.5. The SMILES string of the molecule is C=CS(=O)(=O)N1CCC(Oc2nc(N3CCOCC3)nc(-n3c(C(F)F)nc4c(OC)cccc43)n2)CC1. The lowest BCUT2D eigenvalue weighted by molar-refractivity contribution is 0.118. The number of imidazole rings is 1. The van der Waals surface area contributed by atoms with Crippen molar-refractivity contribution in [3.8, 4) is 17.7 Å². The average Bonchev–Trinajstić information content (AvgIpc) is 3.34. The quantitative estimate of drug-likeness (QED) is 0.412. The molecule has 0 N–H and O–H groups in total. The van der Waals surface area contributed by atoms with Crippen LogP contribution in [0.2, 0.25) is 0 Å². The molecule has 0 radical (unpaired) electrons. The lowest BCUT2D eigenvalue weighted by atomic mass is 10.1. The number of ether oxygens (including phenoxy) is 3. The van der Waals surface area contributed by atoms with Crippen LogP contribution in [-0.2, 0) is 14.8 Å². The zero-order valence-electron chi connectivity index (χ0n) is 20.7. The number of halogens is 2. The van der Waals surface area contributed by atoms with Gasteiger partial charge >= 0.3 is 6.01 Å². The minimum Gasteiger partial charge on any atom is -0.494 e. The summed E-state index contributed by atoms with van der Waals surface area (Å²) >= 11 is 0. The van der Waals surface area contributed by atoms with Crippen LogP contribution in [0.1, 0.15) is 25.1 Å². The van der Waals surface area contributed by atoms with Crippen LogP contribution in [0.3, 0.4) is 0 Å². The minimum absolute atomic E-state index is 0.0496. The second-order valence-corrected chi connectivity index (χ2v) is 10.6. The molecule has 0 amide bonds. The average molecular weight is 552 g/mol. The summed E-state index contributed by atoms with van der Waals surface area (Å²) in [6, 6.07) is 4.88. The second kappa shape index (κ2) is 10.7. The molecule has 3 aromatic rings. The summed E-state index contributed by atoms with van der Waals surface area (Å²) in [7, 11) is -2.09. The number of nitrogens with zero attached hydrogens (tertiary/aromatic N) is 7. The summed E-state index contributed by atoms with van der Waals surface area (Å²) in [6.07, 6.45) is -2.51. The molecule has 0 bridgehead atoms. The van der Waals surface area contributed by atoms with E-state index in [-0.39, 0.29) is 42.6 Å². The number of morpholine rings is 1. The first-order chi connectivity index (χ1) is 18.3. The van der Waals surface area contributed by atoms with Gasteiger partial charge in [0, 0.05) is 31.6 Å². The number of hydrogen-bond acceptors (Lipinski definition) is 10. The Bertz CT molecular complexity index is 1420. The summed E-state index contributed by atoms with van der Waals surface area (Å²) in [4.78, 5) is 19.4. The Balaban J connectivity index is 1.54. The zero-order chi connectivity index (χ0) is 26.9. The van der Waals surface area contributed by atoms with Crippen molar-refractivity contribution in [2.24, 2.45) is 0 Å². The van der Waals surface area contributed by atoms with E-state index in [0.717, 1.165) is 5.41 Å². The molecule has 0 atom stereocenters. The molecule has 5 rings (SSSR count). The Morgan fingerprint density at radius 2 is 1.79 bits per heavy atom. The monoisotopic (exact) mass is 551 g/mol. The summed E-state index contributed by atoms with van der Waals surface area (Å²) in [5, 5.41) is 0.923. The Labute approximate surface area is 217 Å². The molecule has 0 spiro atoms. The molecule has 4 heterocycles. The van der Waals surface area contributed by atoms with Crippen LogP contribution in [0.15, 0.2) is 30.2 Å². The molecule has 204 valence electrons. The van der Waals surface area contributed by atoms with Crippen molar-refractivity contribution >= 4 is 27.0 Å². The number of sulfonamides is 1. The summed E-state index contributed by atoms with van der Waals surface area (Å²) in [6.45, 7) is 5.77. The van der Waals surface area contributed by atoms with E-state index in [4.69, 9.17) is 14.2 Å². The van der Waals surface area contributed by atoms with Crippen molar-refractivity contribution in [1.29, 1.82) is 0 Å². The van der Waals surface area contributed by atoms with Crippen molar-refractivity contribution in [2.45, 2.75) is 25.4 Å². The molecule has 15 heteroatoms. The first-order valence-electron chi connectivity index (χ1n) is 12.0. The number of anilines is 1. The standard InChI is InChI=1S/C23H27F2N7O5S/c1-3-38(33,34)31-9-7-15(8-10-31)37-23-28-21(30-11-13-36-14-12-30)27-22(29-23)32-16-5-4-6-17(35-2)18(16)26-20(32)19(24)25/h3-6,15,19H,1,7-14H2,2H3. The van der Waals surface area contributed by atoms with Gasteiger partial charge in [0.15, 0.2) is 5.82 Å². The van der Waals surface area contributed by atoms with Gasteiger partial charge in [-0.15, -0.1) is 0 Å². The Morgan fingerprint density at radius 1 is 1.08 bits per heavy atom. The normalized spacial score (nSPS) is 17.7. The number of alkyl halides is 2. The maximum atomic E-state index is 14.2. The molecule has 38 heavy (non-hydrogen) atoms. The van der Waals surface area contributed by atoms with Gasteiger partial charge in [-0.25, -0.2) is 22.2 Å². The molecule has 0 saturated carbocycles. The van der Waals surface area contributed by atoms with Crippen LogP contribution in [0.25, 0.3) is 17.0 Å². The summed E-state index contributed by atoms with van der Waals surface area (Å²) in [5.41, 5.74) is 0.588. The molecular formula is C23H27F2N7O5S. The number of methoxy groups -OCH3 is 1. The van der Waals surface area contributed by atoms with Crippen molar-refractivity contribution in [2.75, 3.05) is 51.4 Å². The fraction of sp³-hybridized carbons (Fsp3) is 0.478. The predicted octanol–water partition coefficient (Wildman–Crippen LogP) is 2.31. The van der Waals surface area contributed by atoms with E-state index in [1.807, 2.05) is 4.90 Å². The molecule has 0 aliphatic carbocycles. The van der Waals surface area contributed by atoms with Crippen LogP contribution in [0.5, 0.6) is 11.8 Å². The maximum Gasteiger partial charge on any atom is 0.323 e. The van der Waals surface area contributed by atoms with E-state index in [9.17, 15) is 17.2 Å². The van der Waals surface area contributed by atoms with Gasteiger partial charge in [0.25, 0.3) is 6.43 Å². The van der Waals surface area contributed by atoms with Crippen LogP contribution < -0.4 is 14.4 Å². The number of aromatic nitrogens is 5. The maximum absolute atomic E-state index is 14.2. The first kappa shape index (κ1) is 26.2. The van der Waals surface area contributed by atoms with Crippen molar-refractivity contribution in [3.63, 3.8) is 0 Å². The van der Waals surface area contributed by atoms with Gasteiger partial charge in [-0.3, -0.25) is 4.57 Å². The molecule has 2 aromatic heterocycles. The third kappa shape index (κ3) is 5.13. The number of rotatable bonds is 8. The molecule has 2 aliphatic rings. The highest BCUT2D eigenvalue weighted by atomic mass is 32.2. The van der Waals surface area contributed by atoms with E-state index in [0.29, 0.717) is 50.4 Å². The van der Waals surface area contributed by atoms with Crippen LogP contribution in [0, 0.1) is 0 Å². The van der Waals surface area contributed by atoms with Crippen LogP contribution in [0.4, 0.5) is 14.7 Å². The highest BCUT2D eigenvalue weighted by molar-refractivity contribution is 7.92. The fourth-order valence-corrected chi connectivity index (χ4v) is 5.40. The predicted molar refractivity (Wildman–Crippen MR) is 133 cm³/mol. The van der Waals surface area contributed by atoms with E-state index < -0.39 is 22.3 Å².